The smallest absolute Gasteiger partial charge is 0.335 e. The monoisotopic (exact) mass is 298 g/mol. The summed E-state index contributed by atoms with van der Waals surface area (Å²) in [6.07, 6.45) is 0.811. The normalized spacial score (nSPS) is 11.2. The number of carboxylic acids is 2. The Hall–Kier alpha value is -2.62. The van der Waals surface area contributed by atoms with Gasteiger partial charge in [-0.15, -0.1) is 0 Å². The molecule has 4 heteroatoms. The molecule has 114 valence electrons. The number of rotatable bonds is 5. The summed E-state index contributed by atoms with van der Waals surface area (Å²) in [5.74, 6) is -1.90. The molecule has 22 heavy (non-hydrogen) atoms. The number of carbonyl (C=O) groups is 2. The van der Waals surface area contributed by atoms with Gasteiger partial charge in [-0.25, -0.2) is 9.59 Å². The van der Waals surface area contributed by atoms with Gasteiger partial charge in [0, 0.05) is 5.41 Å². The SMILES string of the molecule is CCC(C)(c1ccc(C(=O)O)cc1)c1ccc(C(=O)O)cc1. The van der Waals surface area contributed by atoms with E-state index in [0.717, 1.165) is 17.5 Å². The van der Waals surface area contributed by atoms with Crippen molar-refractivity contribution in [3.63, 3.8) is 0 Å². The lowest BCUT2D eigenvalue weighted by Gasteiger charge is -2.30. The molecule has 0 radical (unpaired) electrons. The van der Waals surface area contributed by atoms with Crippen LogP contribution in [-0.2, 0) is 5.41 Å². The minimum atomic E-state index is -0.949. The summed E-state index contributed by atoms with van der Waals surface area (Å²) in [5.41, 5.74) is 2.21. The fraction of sp³-hybridized carbons (Fsp3) is 0.222. The molecule has 0 aliphatic carbocycles. The van der Waals surface area contributed by atoms with E-state index in [9.17, 15) is 9.59 Å². The van der Waals surface area contributed by atoms with E-state index in [1.54, 1.807) is 24.3 Å². The second-order valence-electron chi connectivity index (χ2n) is 5.45. The van der Waals surface area contributed by atoms with Gasteiger partial charge < -0.3 is 10.2 Å². The van der Waals surface area contributed by atoms with Crippen molar-refractivity contribution >= 4 is 11.9 Å². The summed E-state index contributed by atoms with van der Waals surface area (Å²) < 4.78 is 0. The van der Waals surface area contributed by atoms with Crippen molar-refractivity contribution in [3.8, 4) is 0 Å². The first-order chi connectivity index (χ1) is 10.4. The largest absolute Gasteiger partial charge is 0.478 e. The van der Waals surface area contributed by atoms with Crippen molar-refractivity contribution < 1.29 is 19.8 Å². The Kier molecular flexibility index (Phi) is 4.31. The molecule has 0 fully saturated rings. The lowest BCUT2D eigenvalue weighted by molar-refractivity contribution is 0.0686. The zero-order chi connectivity index (χ0) is 16.3. The van der Waals surface area contributed by atoms with Crippen LogP contribution in [0, 0.1) is 0 Å². The van der Waals surface area contributed by atoms with Crippen LogP contribution in [0.3, 0.4) is 0 Å². The third-order valence-electron chi connectivity index (χ3n) is 4.25. The highest BCUT2D eigenvalue weighted by Gasteiger charge is 2.27. The van der Waals surface area contributed by atoms with Gasteiger partial charge in [-0.1, -0.05) is 38.1 Å². The van der Waals surface area contributed by atoms with Gasteiger partial charge in [0.15, 0.2) is 0 Å². The number of carboxylic acid groups (broad SMARTS) is 2. The Morgan fingerprint density at radius 1 is 0.818 bits per heavy atom. The van der Waals surface area contributed by atoms with Gasteiger partial charge in [0.05, 0.1) is 11.1 Å². The van der Waals surface area contributed by atoms with Gasteiger partial charge in [0.2, 0.25) is 0 Å². The molecular weight excluding hydrogens is 280 g/mol. The van der Waals surface area contributed by atoms with E-state index < -0.39 is 11.9 Å². The average molecular weight is 298 g/mol. The van der Waals surface area contributed by atoms with E-state index in [0.29, 0.717) is 0 Å². The summed E-state index contributed by atoms with van der Waals surface area (Å²) in [5, 5.41) is 18.0. The minimum Gasteiger partial charge on any atom is -0.478 e. The molecular formula is C18H18O4. The van der Waals surface area contributed by atoms with Crippen molar-refractivity contribution in [1.29, 1.82) is 0 Å². The Morgan fingerprint density at radius 2 is 1.14 bits per heavy atom. The van der Waals surface area contributed by atoms with Crippen LogP contribution in [0.5, 0.6) is 0 Å². The molecule has 0 saturated carbocycles. The molecule has 2 aromatic carbocycles. The van der Waals surface area contributed by atoms with Gasteiger partial charge >= 0.3 is 11.9 Å². The molecule has 2 rings (SSSR count). The molecule has 0 unspecified atom stereocenters. The zero-order valence-corrected chi connectivity index (χ0v) is 12.5. The summed E-state index contributed by atoms with van der Waals surface area (Å²) in [6.45, 7) is 4.12. The average Bonchev–Trinajstić information content (AvgIpc) is 2.54. The number of hydrogen-bond donors (Lipinski definition) is 2. The molecule has 0 amide bonds. The van der Waals surface area contributed by atoms with E-state index >= 15 is 0 Å². The predicted molar refractivity (Wildman–Crippen MR) is 83.5 cm³/mol. The number of aromatic carboxylic acids is 2. The molecule has 0 aliphatic rings. The lowest BCUT2D eigenvalue weighted by atomic mass is 9.74. The highest BCUT2D eigenvalue weighted by atomic mass is 16.4. The second-order valence-corrected chi connectivity index (χ2v) is 5.45. The zero-order valence-electron chi connectivity index (χ0n) is 12.5. The van der Waals surface area contributed by atoms with Crippen LogP contribution in [0.1, 0.15) is 52.1 Å². The third-order valence-corrected chi connectivity index (χ3v) is 4.25. The van der Waals surface area contributed by atoms with Crippen molar-refractivity contribution in [2.45, 2.75) is 25.7 Å². The van der Waals surface area contributed by atoms with Crippen LogP contribution in [0.4, 0.5) is 0 Å². The van der Waals surface area contributed by atoms with Gasteiger partial charge in [0.25, 0.3) is 0 Å². The molecule has 4 nitrogen and oxygen atoms in total. The lowest BCUT2D eigenvalue weighted by Crippen LogP contribution is -2.22. The summed E-state index contributed by atoms with van der Waals surface area (Å²) in [6, 6.07) is 13.6. The summed E-state index contributed by atoms with van der Waals surface area (Å²) in [4.78, 5) is 21.9. The summed E-state index contributed by atoms with van der Waals surface area (Å²) >= 11 is 0. The van der Waals surface area contributed by atoms with Crippen LogP contribution in [0.15, 0.2) is 48.5 Å². The first-order valence-electron chi connectivity index (χ1n) is 7.06. The Labute approximate surface area is 129 Å². The van der Waals surface area contributed by atoms with Crippen LogP contribution in [-0.4, -0.2) is 22.2 Å². The molecule has 2 aromatic rings. The van der Waals surface area contributed by atoms with Gasteiger partial charge in [0.1, 0.15) is 0 Å². The first-order valence-corrected chi connectivity index (χ1v) is 7.06. The Morgan fingerprint density at radius 3 is 1.36 bits per heavy atom. The van der Waals surface area contributed by atoms with Crippen molar-refractivity contribution in [2.24, 2.45) is 0 Å². The van der Waals surface area contributed by atoms with Gasteiger partial charge in [-0.3, -0.25) is 0 Å². The van der Waals surface area contributed by atoms with Crippen molar-refractivity contribution in [2.75, 3.05) is 0 Å². The second kappa shape index (κ2) is 6.02. The van der Waals surface area contributed by atoms with Gasteiger partial charge in [-0.05, 0) is 41.8 Å². The van der Waals surface area contributed by atoms with Crippen LogP contribution >= 0.6 is 0 Å². The van der Waals surface area contributed by atoms with Crippen LogP contribution in [0.25, 0.3) is 0 Å². The molecule has 0 heterocycles. The molecule has 2 N–H and O–H groups in total. The highest BCUT2D eigenvalue weighted by Crippen LogP contribution is 2.35. The van der Waals surface area contributed by atoms with E-state index in [1.807, 2.05) is 24.3 Å². The summed E-state index contributed by atoms with van der Waals surface area (Å²) in [7, 11) is 0. The molecule has 0 spiro atoms. The maximum atomic E-state index is 10.9. The predicted octanol–water partition coefficient (Wildman–Crippen LogP) is 3.80. The molecule has 0 saturated heterocycles. The molecule has 0 atom stereocenters. The number of benzene rings is 2. The molecule has 0 aromatic heterocycles. The van der Waals surface area contributed by atoms with Crippen LogP contribution < -0.4 is 0 Å². The molecule has 0 bridgehead atoms. The standard InChI is InChI=1S/C18H18O4/c1-3-18(2,14-8-4-12(5-9-14)16(19)20)15-10-6-13(7-11-15)17(21)22/h4-11H,3H2,1-2H3,(H,19,20)(H,21,22). The van der Waals surface area contributed by atoms with E-state index in [4.69, 9.17) is 10.2 Å². The number of hydrogen-bond acceptors (Lipinski definition) is 2. The third kappa shape index (κ3) is 2.86. The fourth-order valence-corrected chi connectivity index (χ4v) is 2.54. The van der Waals surface area contributed by atoms with E-state index in [1.165, 1.54) is 0 Å². The van der Waals surface area contributed by atoms with Crippen molar-refractivity contribution in [3.05, 3.63) is 70.8 Å². The maximum Gasteiger partial charge on any atom is 0.335 e. The van der Waals surface area contributed by atoms with Gasteiger partial charge in [-0.2, -0.15) is 0 Å². The molecule has 0 aliphatic heterocycles. The minimum absolute atomic E-state index is 0.253. The highest BCUT2D eigenvalue weighted by molar-refractivity contribution is 5.88. The Bertz CT molecular complexity index is 627. The van der Waals surface area contributed by atoms with E-state index in [2.05, 4.69) is 13.8 Å². The van der Waals surface area contributed by atoms with Crippen molar-refractivity contribution in [1.82, 2.24) is 0 Å². The Balaban J connectivity index is 2.42. The quantitative estimate of drug-likeness (QED) is 0.880. The maximum absolute atomic E-state index is 10.9. The topological polar surface area (TPSA) is 74.6 Å². The first kappa shape index (κ1) is 15.8. The van der Waals surface area contributed by atoms with E-state index in [-0.39, 0.29) is 16.5 Å². The fourth-order valence-electron chi connectivity index (χ4n) is 2.54. The van der Waals surface area contributed by atoms with Crippen LogP contribution in [0.2, 0.25) is 0 Å².